The zero-order valence-corrected chi connectivity index (χ0v) is 28.7. The lowest BCUT2D eigenvalue weighted by molar-refractivity contribution is 0.669. The fourth-order valence-corrected chi connectivity index (χ4v) is 9.32. The standard InChI is InChI=1S/C52H30O/c1-3-15-34-31(13-1)27-32-14-2-4-16-35(32)51(34)52-43-23-11-9-21-41(43)50(42-22-10-12-24-44(42)52)33-25-26-40-47-29-45-38-19-7-5-17-36(38)37-18-6-8-20-39(37)46(45)30-49(47)53-48(40)28-33/h1-30H. The summed E-state index contributed by atoms with van der Waals surface area (Å²) < 4.78 is 6.80. The number of rotatable bonds is 2. The zero-order chi connectivity index (χ0) is 34.6. The Kier molecular flexibility index (Phi) is 5.84. The summed E-state index contributed by atoms with van der Waals surface area (Å²) in [4.78, 5) is 0. The third kappa shape index (κ3) is 4.02. The van der Waals surface area contributed by atoms with Crippen molar-refractivity contribution >= 4 is 97.3 Å². The summed E-state index contributed by atoms with van der Waals surface area (Å²) >= 11 is 0. The van der Waals surface area contributed by atoms with Crippen molar-refractivity contribution in [3.8, 4) is 22.3 Å². The van der Waals surface area contributed by atoms with E-state index in [4.69, 9.17) is 4.42 Å². The molecule has 0 aliphatic rings. The van der Waals surface area contributed by atoms with Gasteiger partial charge in [0, 0.05) is 10.8 Å². The molecule has 12 aromatic rings. The fourth-order valence-electron chi connectivity index (χ4n) is 9.32. The SMILES string of the molecule is c1ccc2c(-c3c4ccccc4c(-c4ccc5c(c4)oc4cc6c7ccccc7c7ccccc7c6cc45)c4ccccc34)c3ccccc3cc2c1. The molecule has 0 fully saturated rings. The first-order chi connectivity index (χ1) is 26.3. The van der Waals surface area contributed by atoms with Gasteiger partial charge in [-0.25, -0.2) is 0 Å². The van der Waals surface area contributed by atoms with Crippen LogP contribution in [0.1, 0.15) is 0 Å². The van der Waals surface area contributed by atoms with Crippen molar-refractivity contribution in [3.63, 3.8) is 0 Å². The topological polar surface area (TPSA) is 13.1 Å². The van der Waals surface area contributed by atoms with Gasteiger partial charge in [-0.05, 0) is 128 Å². The van der Waals surface area contributed by atoms with E-state index in [0.29, 0.717) is 0 Å². The second kappa shape index (κ2) is 10.8. The van der Waals surface area contributed by atoms with Gasteiger partial charge < -0.3 is 4.42 Å². The molecule has 0 saturated heterocycles. The monoisotopic (exact) mass is 670 g/mol. The van der Waals surface area contributed by atoms with Crippen molar-refractivity contribution in [2.24, 2.45) is 0 Å². The maximum absolute atomic E-state index is 6.80. The average Bonchev–Trinajstić information content (AvgIpc) is 3.58. The van der Waals surface area contributed by atoms with Gasteiger partial charge in [0.25, 0.3) is 0 Å². The smallest absolute Gasteiger partial charge is 0.136 e. The van der Waals surface area contributed by atoms with Gasteiger partial charge in [0.05, 0.1) is 0 Å². The molecule has 0 spiro atoms. The Morgan fingerprint density at radius 1 is 0.226 bits per heavy atom. The normalized spacial score (nSPS) is 12.2. The maximum Gasteiger partial charge on any atom is 0.136 e. The summed E-state index contributed by atoms with van der Waals surface area (Å²) in [7, 11) is 0. The number of furan rings is 1. The second-order valence-electron chi connectivity index (χ2n) is 14.3. The lowest BCUT2D eigenvalue weighted by Gasteiger charge is -2.20. The molecule has 53 heavy (non-hydrogen) atoms. The molecule has 1 nitrogen and oxygen atoms in total. The van der Waals surface area contributed by atoms with Crippen LogP contribution in [0.2, 0.25) is 0 Å². The van der Waals surface area contributed by atoms with Crippen LogP contribution in [0.15, 0.2) is 186 Å². The van der Waals surface area contributed by atoms with Gasteiger partial charge in [-0.15, -0.1) is 0 Å². The van der Waals surface area contributed by atoms with Crippen LogP contribution in [0.4, 0.5) is 0 Å². The molecule has 0 atom stereocenters. The molecule has 244 valence electrons. The van der Waals surface area contributed by atoms with Crippen LogP contribution in [0.25, 0.3) is 120 Å². The van der Waals surface area contributed by atoms with Crippen molar-refractivity contribution < 1.29 is 4.42 Å². The Morgan fingerprint density at radius 3 is 1.17 bits per heavy atom. The molecule has 11 aromatic carbocycles. The molecule has 0 amide bonds. The van der Waals surface area contributed by atoms with Crippen LogP contribution < -0.4 is 0 Å². The number of hydrogen-bond acceptors (Lipinski definition) is 1. The van der Waals surface area contributed by atoms with Gasteiger partial charge in [-0.3, -0.25) is 0 Å². The molecule has 0 saturated carbocycles. The van der Waals surface area contributed by atoms with Crippen molar-refractivity contribution in [2.75, 3.05) is 0 Å². The van der Waals surface area contributed by atoms with Gasteiger partial charge in [0.2, 0.25) is 0 Å². The lowest BCUT2D eigenvalue weighted by atomic mass is 9.83. The highest BCUT2D eigenvalue weighted by Gasteiger charge is 2.21. The van der Waals surface area contributed by atoms with Crippen molar-refractivity contribution in [1.29, 1.82) is 0 Å². The molecular weight excluding hydrogens is 641 g/mol. The number of hydrogen-bond donors (Lipinski definition) is 0. The summed E-state index contributed by atoms with van der Waals surface area (Å²) in [6, 6.07) is 66.8. The minimum absolute atomic E-state index is 0.902. The highest BCUT2D eigenvalue weighted by molar-refractivity contribution is 6.30. The van der Waals surface area contributed by atoms with Gasteiger partial charge in [0.15, 0.2) is 0 Å². The first-order valence-corrected chi connectivity index (χ1v) is 18.3. The Labute approximate surface area is 304 Å². The van der Waals surface area contributed by atoms with Crippen LogP contribution in [-0.4, -0.2) is 0 Å². The van der Waals surface area contributed by atoms with E-state index in [-0.39, 0.29) is 0 Å². The van der Waals surface area contributed by atoms with Gasteiger partial charge >= 0.3 is 0 Å². The van der Waals surface area contributed by atoms with E-state index in [1.54, 1.807) is 0 Å². The molecule has 12 rings (SSSR count). The molecule has 0 bridgehead atoms. The summed E-state index contributed by atoms with van der Waals surface area (Å²) in [5.74, 6) is 0. The number of fused-ring (bicyclic) bond motifs is 13. The molecule has 0 N–H and O–H groups in total. The minimum atomic E-state index is 0.902. The summed E-state index contributed by atoms with van der Waals surface area (Å²) in [6.45, 7) is 0. The minimum Gasteiger partial charge on any atom is -0.456 e. The lowest BCUT2D eigenvalue weighted by Crippen LogP contribution is -1.92. The van der Waals surface area contributed by atoms with E-state index in [9.17, 15) is 0 Å². The van der Waals surface area contributed by atoms with E-state index in [1.165, 1.54) is 92.1 Å². The molecule has 0 aliphatic carbocycles. The number of benzene rings is 11. The Morgan fingerprint density at radius 2 is 0.623 bits per heavy atom. The third-order valence-corrected chi connectivity index (χ3v) is 11.6. The van der Waals surface area contributed by atoms with Crippen molar-refractivity contribution in [2.45, 2.75) is 0 Å². The predicted molar refractivity (Wildman–Crippen MR) is 227 cm³/mol. The molecular formula is C52H30O. The highest BCUT2D eigenvalue weighted by Crippen LogP contribution is 2.48. The summed E-state index contributed by atoms with van der Waals surface area (Å²) in [6.07, 6.45) is 0. The second-order valence-corrected chi connectivity index (χ2v) is 14.3. The quantitative estimate of drug-likeness (QED) is 0.132. The first-order valence-electron chi connectivity index (χ1n) is 18.3. The van der Waals surface area contributed by atoms with Crippen LogP contribution in [0, 0.1) is 0 Å². The first kappa shape index (κ1) is 28.7. The van der Waals surface area contributed by atoms with Crippen molar-refractivity contribution in [1.82, 2.24) is 0 Å². The molecule has 0 radical (unpaired) electrons. The predicted octanol–water partition coefficient (Wildman–Crippen LogP) is 15.0. The van der Waals surface area contributed by atoms with Crippen LogP contribution in [-0.2, 0) is 0 Å². The zero-order valence-electron chi connectivity index (χ0n) is 28.7. The Bertz CT molecular complexity index is 3400. The average molecular weight is 671 g/mol. The van der Waals surface area contributed by atoms with Crippen molar-refractivity contribution in [3.05, 3.63) is 182 Å². The summed E-state index contributed by atoms with van der Waals surface area (Å²) in [5, 5.41) is 19.8. The van der Waals surface area contributed by atoms with E-state index < -0.39 is 0 Å². The maximum atomic E-state index is 6.80. The van der Waals surface area contributed by atoms with Gasteiger partial charge in [0.1, 0.15) is 11.2 Å². The van der Waals surface area contributed by atoms with E-state index >= 15 is 0 Å². The van der Waals surface area contributed by atoms with Gasteiger partial charge in [-0.2, -0.15) is 0 Å². The highest BCUT2D eigenvalue weighted by atomic mass is 16.3. The fraction of sp³-hybridized carbons (Fsp3) is 0. The third-order valence-electron chi connectivity index (χ3n) is 11.6. The Hall–Kier alpha value is -6.96. The Balaban J connectivity index is 1.16. The largest absolute Gasteiger partial charge is 0.456 e. The van der Waals surface area contributed by atoms with Crippen LogP contribution >= 0.6 is 0 Å². The van der Waals surface area contributed by atoms with Crippen LogP contribution in [0.3, 0.4) is 0 Å². The molecule has 1 heterocycles. The molecule has 0 unspecified atom stereocenters. The van der Waals surface area contributed by atoms with E-state index in [0.717, 1.165) is 27.5 Å². The van der Waals surface area contributed by atoms with E-state index in [1.807, 2.05) is 0 Å². The molecule has 1 aromatic heterocycles. The van der Waals surface area contributed by atoms with E-state index in [2.05, 4.69) is 182 Å². The molecule has 1 heteroatoms. The summed E-state index contributed by atoms with van der Waals surface area (Å²) in [5.41, 5.74) is 6.77. The van der Waals surface area contributed by atoms with Crippen LogP contribution in [0.5, 0.6) is 0 Å². The molecule has 0 aliphatic heterocycles. The van der Waals surface area contributed by atoms with Gasteiger partial charge in [-0.1, -0.05) is 152 Å².